The smallest absolute Gasteiger partial charge is 0.230 e. The Morgan fingerprint density at radius 1 is 1.15 bits per heavy atom. The van der Waals surface area contributed by atoms with E-state index in [1.54, 1.807) is 14.1 Å². The van der Waals surface area contributed by atoms with E-state index in [0.29, 0.717) is 0 Å². The Bertz CT molecular complexity index is 399. The van der Waals surface area contributed by atoms with E-state index < -0.39 is 10.0 Å². The van der Waals surface area contributed by atoms with Gasteiger partial charge in [0.15, 0.2) is 0 Å². The Balaban J connectivity index is 2.19. The lowest BCUT2D eigenvalue weighted by atomic mass is 9.95. The van der Waals surface area contributed by atoms with E-state index in [-0.39, 0.29) is 17.3 Å². The number of sulfonamides is 1. The van der Waals surface area contributed by atoms with E-state index >= 15 is 0 Å². The SMILES string of the molecule is CN(C)S(=O)(=O)C(C1CCNCC1)N1CCC(N)CC1. The molecule has 0 aliphatic carbocycles. The molecular formula is C13H28N4O2S. The third-order valence-corrected chi connectivity index (χ3v) is 6.85. The number of rotatable bonds is 4. The first kappa shape index (κ1) is 16.2. The van der Waals surface area contributed by atoms with Crippen molar-refractivity contribution in [2.45, 2.75) is 37.1 Å². The van der Waals surface area contributed by atoms with Crippen molar-refractivity contribution in [1.82, 2.24) is 14.5 Å². The largest absolute Gasteiger partial charge is 0.328 e. The number of nitrogens with two attached hydrogens (primary N) is 1. The summed E-state index contributed by atoms with van der Waals surface area (Å²) in [4.78, 5) is 2.15. The molecule has 0 spiro atoms. The van der Waals surface area contributed by atoms with Crippen molar-refractivity contribution < 1.29 is 8.42 Å². The summed E-state index contributed by atoms with van der Waals surface area (Å²) in [5.41, 5.74) is 5.95. The first-order chi connectivity index (χ1) is 9.43. The van der Waals surface area contributed by atoms with Gasteiger partial charge in [-0.2, -0.15) is 0 Å². The standard InChI is InChI=1S/C13H28N4O2S/c1-16(2)20(18,19)13(11-3-7-15-8-4-11)17-9-5-12(14)6-10-17/h11-13,15H,3-10,14H2,1-2H3. The number of likely N-dealkylation sites (tertiary alicyclic amines) is 1. The van der Waals surface area contributed by atoms with Gasteiger partial charge in [-0.05, 0) is 44.7 Å². The van der Waals surface area contributed by atoms with Crippen LogP contribution in [0.25, 0.3) is 0 Å². The summed E-state index contributed by atoms with van der Waals surface area (Å²) in [5.74, 6) is 0.220. The fourth-order valence-electron chi connectivity index (χ4n) is 3.25. The molecule has 1 unspecified atom stereocenters. The summed E-state index contributed by atoms with van der Waals surface area (Å²) in [6.45, 7) is 3.42. The normalized spacial score (nSPS) is 26.0. The van der Waals surface area contributed by atoms with Crippen LogP contribution in [0.2, 0.25) is 0 Å². The highest BCUT2D eigenvalue weighted by Gasteiger charge is 2.40. The predicted octanol–water partition coefficient (Wildman–Crippen LogP) is -0.373. The van der Waals surface area contributed by atoms with Crippen LogP contribution in [0.5, 0.6) is 0 Å². The molecule has 0 aromatic heterocycles. The first-order valence-electron chi connectivity index (χ1n) is 7.54. The summed E-state index contributed by atoms with van der Waals surface area (Å²) >= 11 is 0. The monoisotopic (exact) mass is 304 g/mol. The molecule has 7 heteroatoms. The van der Waals surface area contributed by atoms with Gasteiger partial charge in [-0.3, -0.25) is 4.90 Å². The average Bonchev–Trinajstić information content (AvgIpc) is 2.42. The predicted molar refractivity (Wildman–Crippen MR) is 80.8 cm³/mol. The Hall–Kier alpha value is -0.210. The summed E-state index contributed by atoms with van der Waals surface area (Å²) in [5, 5.41) is 2.93. The van der Waals surface area contributed by atoms with E-state index in [4.69, 9.17) is 5.73 Å². The molecule has 2 fully saturated rings. The zero-order valence-electron chi connectivity index (χ0n) is 12.6. The molecule has 0 saturated carbocycles. The highest BCUT2D eigenvalue weighted by atomic mass is 32.2. The maximum atomic E-state index is 12.7. The molecule has 20 heavy (non-hydrogen) atoms. The Morgan fingerprint density at radius 2 is 1.70 bits per heavy atom. The lowest BCUT2D eigenvalue weighted by molar-refractivity contribution is 0.137. The molecule has 0 bridgehead atoms. The minimum atomic E-state index is -3.27. The second kappa shape index (κ2) is 6.70. The van der Waals surface area contributed by atoms with Gasteiger partial charge in [0.1, 0.15) is 5.37 Å². The fraction of sp³-hybridized carbons (Fsp3) is 1.00. The summed E-state index contributed by atoms with van der Waals surface area (Å²) in [6, 6.07) is 0.224. The Labute approximate surface area is 122 Å². The fourth-order valence-corrected chi connectivity index (χ4v) is 5.03. The Morgan fingerprint density at radius 3 is 2.20 bits per heavy atom. The molecule has 0 radical (unpaired) electrons. The van der Waals surface area contributed by atoms with E-state index in [1.165, 1.54) is 4.31 Å². The molecule has 0 amide bonds. The second-order valence-electron chi connectivity index (χ2n) is 6.18. The van der Waals surface area contributed by atoms with Crippen LogP contribution < -0.4 is 11.1 Å². The van der Waals surface area contributed by atoms with E-state index in [0.717, 1.165) is 51.9 Å². The van der Waals surface area contributed by atoms with Gasteiger partial charge in [-0.1, -0.05) is 0 Å². The first-order valence-corrected chi connectivity index (χ1v) is 9.05. The summed E-state index contributed by atoms with van der Waals surface area (Å²) in [6.07, 6.45) is 3.65. The van der Waals surface area contributed by atoms with Crippen LogP contribution in [-0.4, -0.2) is 69.3 Å². The van der Waals surface area contributed by atoms with Gasteiger partial charge < -0.3 is 11.1 Å². The van der Waals surface area contributed by atoms with Crippen LogP contribution in [0.15, 0.2) is 0 Å². The highest BCUT2D eigenvalue weighted by molar-refractivity contribution is 7.89. The lowest BCUT2D eigenvalue weighted by Crippen LogP contribution is -2.55. The van der Waals surface area contributed by atoms with Crippen LogP contribution in [0.3, 0.4) is 0 Å². The number of nitrogens with one attached hydrogen (secondary N) is 1. The number of hydrogen-bond donors (Lipinski definition) is 2. The van der Waals surface area contributed by atoms with Gasteiger partial charge in [0.25, 0.3) is 0 Å². The second-order valence-corrected chi connectivity index (χ2v) is 8.42. The van der Waals surface area contributed by atoms with Gasteiger partial charge in [0.05, 0.1) is 0 Å². The molecule has 118 valence electrons. The quantitative estimate of drug-likeness (QED) is 0.741. The van der Waals surface area contributed by atoms with Gasteiger partial charge in [0.2, 0.25) is 10.0 Å². The number of hydrogen-bond acceptors (Lipinski definition) is 5. The zero-order valence-corrected chi connectivity index (χ0v) is 13.4. The molecule has 2 rings (SSSR count). The van der Waals surface area contributed by atoms with Crippen LogP contribution >= 0.6 is 0 Å². The van der Waals surface area contributed by atoms with Crippen molar-refractivity contribution in [3.63, 3.8) is 0 Å². The van der Waals surface area contributed by atoms with Gasteiger partial charge in [-0.15, -0.1) is 0 Å². The molecule has 2 saturated heterocycles. The highest BCUT2D eigenvalue weighted by Crippen LogP contribution is 2.28. The van der Waals surface area contributed by atoms with Crippen molar-refractivity contribution in [3.05, 3.63) is 0 Å². The topological polar surface area (TPSA) is 78.7 Å². The van der Waals surface area contributed by atoms with Crippen LogP contribution in [-0.2, 0) is 10.0 Å². The van der Waals surface area contributed by atoms with E-state index in [9.17, 15) is 8.42 Å². The summed E-state index contributed by atoms with van der Waals surface area (Å²) in [7, 11) is 0.0109. The average molecular weight is 304 g/mol. The maximum absolute atomic E-state index is 12.7. The van der Waals surface area contributed by atoms with Crippen molar-refractivity contribution >= 4 is 10.0 Å². The third-order valence-electron chi connectivity index (χ3n) is 4.54. The maximum Gasteiger partial charge on any atom is 0.230 e. The molecule has 2 aliphatic heterocycles. The molecular weight excluding hydrogens is 276 g/mol. The molecule has 0 aromatic rings. The van der Waals surface area contributed by atoms with Crippen LogP contribution in [0, 0.1) is 5.92 Å². The summed E-state index contributed by atoms with van der Waals surface area (Å²) < 4.78 is 26.9. The third kappa shape index (κ3) is 3.51. The molecule has 2 aliphatic rings. The Kier molecular flexibility index (Phi) is 5.42. The molecule has 1 atom stereocenters. The van der Waals surface area contributed by atoms with Crippen molar-refractivity contribution in [3.8, 4) is 0 Å². The van der Waals surface area contributed by atoms with Gasteiger partial charge >= 0.3 is 0 Å². The van der Waals surface area contributed by atoms with Crippen molar-refractivity contribution in [2.75, 3.05) is 40.3 Å². The van der Waals surface area contributed by atoms with E-state index in [1.807, 2.05) is 0 Å². The molecule has 0 aromatic carbocycles. The zero-order chi connectivity index (χ0) is 14.8. The van der Waals surface area contributed by atoms with Crippen molar-refractivity contribution in [2.24, 2.45) is 11.7 Å². The molecule has 6 nitrogen and oxygen atoms in total. The van der Waals surface area contributed by atoms with Crippen LogP contribution in [0.4, 0.5) is 0 Å². The van der Waals surface area contributed by atoms with Crippen molar-refractivity contribution in [1.29, 1.82) is 0 Å². The number of nitrogens with zero attached hydrogens (tertiary/aromatic N) is 2. The van der Waals surface area contributed by atoms with Crippen LogP contribution in [0.1, 0.15) is 25.7 Å². The lowest BCUT2D eigenvalue weighted by Gasteiger charge is -2.42. The van der Waals surface area contributed by atoms with Gasteiger partial charge in [-0.25, -0.2) is 12.7 Å². The minimum absolute atomic E-state index is 0.220. The molecule has 2 heterocycles. The van der Waals surface area contributed by atoms with Gasteiger partial charge in [0, 0.05) is 33.2 Å². The molecule has 3 N–H and O–H groups in total. The number of piperidine rings is 2. The van der Waals surface area contributed by atoms with E-state index in [2.05, 4.69) is 10.2 Å². The minimum Gasteiger partial charge on any atom is -0.328 e.